The molecule has 1 heterocycles. The Morgan fingerprint density at radius 1 is 1.20 bits per heavy atom. The van der Waals surface area contributed by atoms with E-state index in [1.54, 1.807) is 35.6 Å². The lowest BCUT2D eigenvalue weighted by Gasteiger charge is -2.31. The van der Waals surface area contributed by atoms with E-state index in [1.165, 1.54) is 0 Å². The van der Waals surface area contributed by atoms with Gasteiger partial charge in [0.05, 0.1) is 4.90 Å². The summed E-state index contributed by atoms with van der Waals surface area (Å²) in [6.07, 6.45) is 2.63. The quantitative estimate of drug-likeness (QED) is 0.202. The van der Waals surface area contributed by atoms with Crippen LogP contribution in [-0.4, -0.2) is 65.1 Å². The minimum atomic E-state index is -3.38. The predicted molar refractivity (Wildman–Crippen MR) is 133 cm³/mol. The normalized spacial score (nSPS) is 16.3. The summed E-state index contributed by atoms with van der Waals surface area (Å²) in [6, 6.07) is 8.67. The first-order valence-corrected chi connectivity index (χ1v) is 11.9. The number of benzene rings is 1. The van der Waals surface area contributed by atoms with Crippen molar-refractivity contribution in [3.05, 3.63) is 30.3 Å². The molecule has 9 heteroatoms. The van der Waals surface area contributed by atoms with Crippen molar-refractivity contribution in [1.82, 2.24) is 14.9 Å². The first-order chi connectivity index (χ1) is 13.9. The number of hydrogen-bond donors (Lipinski definition) is 2. The summed E-state index contributed by atoms with van der Waals surface area (Å²) in [5.41, 5.74) is 0. The number of aliphatic imine (C=N–C) groups is 1. The lowest BCUT2D eigenvalue weighted by molar-refractivity contribution is 0.108. The van der Waals surface area contributed by atoms with Crippen LogP contribution in [0, 0.1) is 11.8 Å². The van der Waals surface area contributed by atoms with Gasteiger partial charge in [0.2, 0.25) is 10.0 Å². The van der Waals surface area contributed by atoms with E-state index >= 15 is 0 Å². The molecular formula is C21H37IN4O3S. The standard InChI is InChI=1S/C21H36N4O3S.HI/c1-18(2)17-28-15-7-12-23-21(22-3)24-16-19-10-13-25(14-11-19)29(26,27)20-8-5-4-6-9-20;/h4-6,8-9,18-19H,7,10-17H2,1-3H3,(H2,22,23,24);1H. The number of halogens is 1. The van der Waals surface area contributed by atoms with Gasteiger partial charge in [-0.15, -0.1) is 24.0 Å². The summed E-state index contributed by atoms with van der Waals surface area (Å²) in [6.45, 7) is 8.55. The lowest BCUT2D eigenvalue weighted by atomic mass is 9.98. The Morgan fingerprint density at radius 3 is 2.47 bits per heavy atom. The minimum absolute atomic E-state index is 0. The van der Waals surface area contributed by atoms with Gasteiger partial charge in [-0.25, -0.2) is 8.42 Å². The highest BCUT2D eigenvalue weighted by Crippen LogP contribution is 2.23. The Labute approximate surface area is 199 Å². The average molecular weight is 553 g/mol. The molecular weight excluding hydrogens is 515 g/mol. The first kappa shape index (κ1) is 27.1. The monoisotopic (exact) mass is 552 g/mol. The van der Waals surface area contributed by atoms with Crippen molar-refractivity contribution in [2.24, 2.45) is 16.8 Å². The van der Waals surface area contributed by atoms with Crippen LogP contribution in [0.4, 0.5) is 0 Å². The molecule has 0 atom stereocenters. The minimum Gasteiger partial charge on any atom is -0.381 e. The molecule has 30 heavy (non-hydrogen) atoms. The van der Waals surface area contributed by atoms with Crippen LogP contribution in [0.5, 0.6) is 0 Å². The Hall–Kier alpha value is -0.910. The number of ether oxygens (including phenoxy) is 1. The Morgan fingerprint density at radius 2 is 1.87 bits per heavy atom. The molecule has 1 fully saturated rings. The molecule has 0 unspecified atom stereocenters. The van der Waals surface area contributed by atoms with E-state index in [1.807, 2.05) is 6.07 Å². The summed E-state index contributed by atoms with van der Waals surface area (Å²) in [7, 11) is -1.62. The molecule has 0 saturated carbocycles. The van der Waals surface area contributed by atoms with Gasteiger partial charge in [0.25, 0.3) is 0 Å². The lowest BCUT2D eigenvalue weighted by Crippen LogP contribution is -2.44. The van der Waals surface area contributed by atoms with Crippen molar-refractivity contribution in [1.29, 1.82) is 0 Å². The third-order valence-corrected chi connectivity index (χ3v) is 6.86. The van der Waals surface area contributed by atoms with Crippen LogP contribution in [0.3, 0.4) is 0 Å². The molecule has 1 aromatic rings. The van der Waals surface area contributed by atoms with Crippen molar-refractivity contribution in [2.45, 2.75) is 38.0 Å². The Balaban J connectivity index is 0.00000450. The third-order valence-electron chi connectivity index (χ3n) is 4.95. The number of hydrogen-bond acceptors (Lipinski definition) is 4. The van der Waals surface area contributed by atoms with E-state index in [4.69, 9.17) is 4.74 Å². The highest BCUT2D eigenvalue weighted by molar-refractivity contribution is 14.0. The zero-order valence-electron chi connectivity index (χ0n) is 18.3. The number of sulfonamides is 1. The fraction of sp³-hybridized carbons (Fsp3) is 0.667. The molecule has 2 rings (SSSR count). The maximum atomic E-state index is 12.7. The van der Waals surface area contributed by atoms with E-state index in [9.17, 15) is 8.42 Å². The zero-order valence-corrected chi connectivity index (χ0v) is 21.5. The Bertz CT molecular complexity index is 721. The number of nitrogens with zero attached hydrogens (tertiary/aromatic N) is 2. The van der Waals surface area contributed by atoms with Gasteiger partial charge in [-0.2, -0.15) is 4.31 Å². The van der Waals surface area contributed by atoms with Crippen molar-refractivity contribution in [3.8, 4) is 0 Å². The van der Waals surface area contributed by atoms with Gasteiger partial charge in [0.15, 0.2) is 5.96 Å². The van der Waals surface area contributed by atoms with Crippen LogP contribution in [0.1, 0.15) is 33.1 Å². The van der Waals surface area contributed by atoms with Crippen LogP contribution in [0.15, 0.2) is 40.2 Å². The number of guanidine groups is 1. The summed E-state index contributed by atoms with van der Waals surface area (Å²) in [4.78, 5) is 4.63. The van der Waals surface area contributed by atoms with Crippen LogP contribution < -0.4 is 10.6 Å². The van der Waals surface area contributed by atoms with Crippen LogP contribution >= 0.6 is 24.0 Å². The number of rotatable bonds is 10. The van der Waals surface area contributed by atoms with Crippen molar-refractivity contribution < 1.29 is 13.2 Å². The molecule has 0 amide bonds. The highest BCUT2D eigenvalue weighted by Gasteiger charge is 2.29. The molecule has 1 aliphatic heterocycles. The molecule has 0 spiro atoms. The second kappa shape index (κ2) is 14.2. The summed E-state index contributed by atoms with van der Waals surface area (Å²) in [5.74, 6) is 1.78. The van der Waals surface area contributed by atoms with Crippen LogP contribution in [-0.2, 0) is 14.8 Å². The van der Waals surface area contributed by atoms with E-state index in [0.29, 0.717) is 29.8 Å². The maximum Gasteiger partial charge on any atom is 0.243 e. The molecule has 172 valence electrons. The number of nitrogens with one attached hydrogen (secondary N) is 2. The first-order valence-electron chi connectivity index (χ1n) is 10.5. The van der Waals surface area contributed by atoms with Gasteiger partial charge < -0.3 is 15.4 Å². The topological polar surface area (TPSA) is 83.0 Å². The smallest absolute Gasteiger partial charge is 0.243 e. The second-order valence-electron chi connectivity index (χ2n) is 7.86. The summed E-state index contributed by atoms with van der Waals surface area (Å²) in [5, 5.41) is 6.67. The van der Waals surface area contributed by atoms with Gasteiger partial charge in [-0.1, -0.05) is 32.0 Å². The maximum absolute atomic E-state index is 12.7. The van der Waals surface area contributed by atoms with Gasteiger partial charge >= 0.3 is 0 Å². The van der Waals surface area contributed by atoms with Crippen molar-refractivity contribution in [3.63, 3.8) is 0 Å². The van der Waals surface area contributed by atoms with E-state index in [0.717, 1.165) is 51.5 Å². The van der Waals surface area contributed by atoms with E-state index < -0.39 is 10.0 Å². The molecule has 0 aromatic heterocycles. The summed E-state index contributed by atoms with van der Waals surface area (Å²) >= 11 is 0. The SMILES string of the molecule is CN=C(NCCCOCC(C)C)NCC1CCN(S(=O)(=O)c2ccccc2)CC1.I. The molecule has 1 saturated heterocycles. The number of piperidine rings is 1. The third kappa shape index (κ3) is 9.07. The van der Waals surface area contributed by atoms with Gasteiger partial charge in [0, 0.05) is 46.4 Å². The van der Waals surface area contributed by atoms with Crippen molar-refractivity contribution >= 4 is 40.0 Å². The molecule has 1 aromatic carbocycles. The highest BCUT2D eigenvalue weighted by atomic mass is 127. The predicted octanol–water partition coefficient (Wildman–Crippen LogP) is 2.93. The van der Waals surface area contributed by atoms with Crippen LogP contribution in [0.2, 0.25) is 0 Å². The molecule has 0 radical (unpaired) electrons. The second-order valence-corrected chi connectivity index (χ2v) is 9.80. The molecule has 1 aliphatic rings. The molecule has 7 nitrogen and oxygen atoms in total. The summed E-state index contributed by atoms with van der Waals surface area (Å²) < 4.78 is 32.6. The average Bonchev–Trinajstić information content (AvgIpc) is 2.73. The molecule has 0 bridgehead atoms. The molecule has 2 N–H and O–H groups in total. The zero-order chi connectivity index (χ0) is 21.1. The van der Waals surface area contributed by atoms with E-state index in [-0.39, 0.29) is 24.0 Å². The van der Waals surface area contributed by atoms with Crippen LogP contribution in [0.25, 0.3) is 0 Å². The Kier molecular flexibility index (Phi) is 12.8. The fourth-order valence-corrected chi connectivity index (χ4v) is 4.75. The van der Waals surface area contributed by atoms with Gasteiger partial charge in [-0.3, -0.25) is 4.99 Å². The van der Waals surface area contributed by atoms with Gasteiger partial charge in [-0.05, 0) is 43.2 Å². The van der Waals surface area contributed by atoms with Gasteiger partial charge in [0.1, 0.15) is 0 Å². The van der Waals surface area contributed by atoms with E-state index in [2.05, 4.69) is 29.5 Å². The fourth-order valence-electron chi connectivity index (χ4n) is 3.26. The largest absolute Gasteiger partial charge is 0.381 e. The molecule has 0 aliphatic carbocycles. The van der Waals surface area contributed by atoms with Crippen molar-refractivity contribution in [2.75, 3.05) is 46.4 Å².